The van der Waals surface area contributed by atoms with Gasteiger partial charge in [0.15, 0.2) is 0 Å². The van der Waals surface area contributed by atoms with E-state index in [1.54, 1.807) is 0 Å². The molecule has 1 aromatic rings. The van der Waals surface area contributed by atoms with Crippen molar-refractivity contribution in [3.8, 4) is 0 Å². The van der Waals surface area contributed by atoms with Crippen molar-refractivity contribution in [2.75, 3.05) is 0 Å². The molecule has 0 radical (unpaired) electrons. The third-order valence-corrected chi connectivity index (χ3v) is 2.65. The van der Waals surface area contributed by atoms with Crippen LogP contribution in [0.4, 0.5) is 0 Å². The molecular formula is C13H13NO2. The van der Waals surface area contributed by atoms with Gasteiger partial charge in [0.2, 0.25) is 0 Å². The van der Waals surface area contributed by atoms with Gasteiger partial charge in [-0.2, -0.15) is 0 Å². The molecule has 0 fully saturated rings. The van der Waals surface area contributed by atoms with Crippen LogP contribution >= 0.6 is 0 Å². The molecule has 2 amide bonds. The molecule has 2 rings (SSSR count). The Balaban J connectivity index is 2.14. The van der Waals surface area contributed by atoms with Gasteiger partial charge in [-0.15, -0.1) is 0 Å². The number of carbonyl (C=O) groups excluding carboxylic acids is 2. The van der Waals surface area contributed by atoms with Crippen LogP contribution in [0.5, 0.6) is 0 Å². The maximum Gasteiger partial charge on any atom is 0.257 e. The number of rotatable bonds is 3. The lowest BCUT2D eigenvalue weighted by molar-refractivity contribution is -0.137. The van der Waals surface area contributed by atoms with E-state index >= 15 is 0 Å². The third kappa shape index (κ3) is 1.89. The van der Waals surface area contributed by atoms with Gasteiger partial charge in [-0.1, -0.05) is 37.3 Å². The zero-order valence-electron chi connectivity index (χ0n) is 9.14. The molecule has 0 aromatic heterocycles. The number of carbonyl (C=O) groups is 2. The van der Waals surface area contributed by atoms with E-state index in [0.717, 1.165) is 5.56 Å². The van der Waals surface area contributed by atoms with Gasteiger partial charge in [0, 0.05) is 11.6 Å². The molecular weight excluding hydrogens is 202 g/mol. The lowest BCUT2D eigenvalue weighted by atomic mass is 10.2. The Hall–Kier alpha value is -1.90. The van der Waals surface area contributed by atoms with E-state index < -0.39 is 0 Å². The molecule has 0 N–H and O–H groups in total. The predicted octanol–water partition coefficient (Wildman–Crippen LogP) is 1.89. The van der Waals surface area contributed by atoms with Crippen molar-refractivity contribution >= 4 is 11.8 Å². The van der Waals surface area contributed by atoms with E-state index in [9.17, 15) is 9.59 Å². The summed E-state index contributed by atoms with van der Waals surface area (Å²) in [6, 6.07) is 9.52. The van der Waals surface area contributed by atoms with E-state index in [4.69, 9.17) is 0 Å². The number of benzene rings is 1. The van der Waals surface area contributed by atoms with Crippen molar-refractivity contribution in [2.45, 2.75) is 19.9 Å². The SMILES string of the molecule is CCC1=CC(=O)N(Cc2ccccc2)C1=O. The Morgan fingerprint density at radius 3 is 2.38 bits per heavy atom. The van der Waals surface area contributed by atoms with E-state index in [1.165, 1.54) is 11.0 Å². The fourth-order valence-electron chi connectivity index (χ4n) is 1.73. The van der Waals surface area contributed by atoms with Crippen LogP contribution in [0.15, 0.2) is 42.0 Å². The number of amides is 2. The van der Waals surface area contributed by atoms with Crippen molar-refractivity contribution in [2.24, 2.45) is 0 Å². The Morgan fingerprint density at radius 2 is 1.81 bits per heavy atom. The van der Waals surface area contributed by atoms with Gasteiger partial charge in [0.25, 0.3) is 11.8 Å². The maximum atomic E-state index is 11.8. The van der Waals surface area contributed by atoms with E-state index in [0.29, 0.717) is 18.5 Å². The summed E-state index contributed by atoms with van der Waals surface area (Å²) in [4.78, 5) is 24.7. The number of hydrogen-bond donors (Lipinski definition) is 0. The lowest BCUT2D eigenvalue weighted by Crippen LogP contribution is -2.30. The third-order valence-electron chi connectivity index (χ3n) is 2.65. The fraction of sp³-hybridized carbons (Fsp3) is 0.231. The minimum atomic E-state index is -0.203. The highest BCUT2D eigenvalue weighted by molar-refractivity contribution is 6.16. The average Bonchev–Trinajstić information content (AvgIpc) is 2.58. The van der Waals surface area contributed by atoms with Crippen LogP contribution in [0.2, 0.25) is 0 Å². The Labute approximate surface area is 94.4 Å². The van der Waals surface area contributed by atoms with Gasteiger partial charge in [0.1, 0.15) is 0 Å². The molecule has 3 nitrogen and oxygen atoms in total. The summed E-state index contributed by atoms with van der Waals surface area (Å²) in [5, 5.41) is 0. The highest BCUT2D eigenvalue weighted by Gasteiger charge is 2.29. The second-order valence-electron chi connectivity index (χ2n) is 3.74. The summed E-state index contributed by atoms with van der Waals surface area (Å²) in [5.41, 5.74) is 1.57. The van der Waals surface area contributed by atoms with Gasteiger partial charge < -0.3 is 0 Å². The smallest absolute Gasteiger partial charge is 0.257 e. The minimum absolute atomic E-state index is 0.156. The van der Waals surface area contributed by atoms with Gasteiger partial charge in [-0.3, -0.25) is 14.5 Å². The summed E-state index contributed by atoms with van der Waals surface area (Å²) in [5.74, 6) is -0.359. The summed E-state index contributed by atoms with van der Waals surface area (Å²) < 4.78 is 0. The molecule has 0 saturated carbocycles. The van der Waals surface area contributed by atoms with Crippen molar-refractivity contribution in [1.29, 1.82) is 0 Å². The molecule has 1 aliphatic rings. The molecule has 0 spiro atoms. The first-order chi connectivity index (χ1) is 7.72. The van der Waals surface area contributed by atoms with Crippen molar-refractivity contribution < 1.29 is 9.59 Å². The lowest BCUT2D eigenvalue weighted by Gasteiger charge is -2.14. The Kier molecular flexibility index (Phi) is 2.86. The van der Waals surface area contributed by atoms with E-state index in [2.05, 4.69) is 0 Å². The van der Waals surface area contributed by atoms with Crippen LogP contribution in [-0.4, -0.2) is 16.7 Å². The van der Waals surface area contributed by atoms with Crippen molar-refractivity contribution in [1.82, 2.24) is 4.90 Å². The zero-order valence-corrected chi connectivity index (χ0v) is 9.14. The molecule has 1 aromatic carbocycles. The van der Waals surface area contributed by atoms with Crippen LogP contribution in [0.1, 0.15) is 18.9 Å². The Morgan fingerprint density at radius 1 is 1.12 bits per heavy atom. The molecule has 16 heavy (non-hydrogen) atoms. The summed E-state index contributed by atoms with van der Waals surface area (Å²) >= 11 is 0. The van der Waals surface area contributed by atoms with Crippen LogP contribution in [-0.2, 0) is 16.1 Å². The first kappa shape index (κ1) is 10.6. The summed E-state index contributed by atoms with van der Waals surface area (Å²) in [7, 11) is 0. The molecule has 1 aliphatic heterocycles. The summed E-state index contributed by atoms with van der Waals surface area (Å²) in [6.45, 7) is 2.24. The van der Waals surface area contributed by atoms with Gasteiger partial charge in [-0.05, 0) is 12.0 Å². The monoisotopic (exact) mass is 215 g/mol. The van der Waals surface area contributed by atoms with Gasteiger partial charge >= 0.3 is 0 Å². The standard InChI is InChI=1S/C13H13NO2/c1-2-11-8-12(15)14(13(11)16)9-10-6-4-3-5-7-10/h3-8H,2,9H2,1H3. The van der Waals surface area contributed by atoms with Crippen LogP contribution in [0, 0.1) is 0 Å². The highest BCUT2D eigenvalue weighted by Crippen LogP contribution is 2.18. The van der Waals surface area contributed by atoms with Crippen LogP contribution in [0.3, 0.4) is 0 Å². The first-order valence-electron chi connectivity index (χ1n) is 5.32. The van der Waals surface area contributed by atoms with E-state index in [1.807, 2.05) is 37.3 Å². The number of nitrogens with zero attached hydrogens (tertiary/aromatic N) is 1. The number of hydrogen-bond acceptors (Lipinski definition) is 2. The molecule has 0 bridgehead atoms. The molecule has 0 atom stereocenters. The molecule has 0 saturated heterocycles. The van der Waals surface area contributed by atoms with Crippen LogP contribution < -0.4 is 0 Å². The normalized spacial score (nSPS) is 15.6. The van der Waals surface area contributed by atoms with E-state index in [-0.39, 0.29) is 11.8 Å². The molecule has 3 heteroatoms. The second kappa shape index (κ2) is 4.31. The second-order valence-corrected chi connectivity index (χ2v) is 3.74. The Bertz CT molecular complexity index is 448. The van der Waals surface area contributed by atoms with Crippen LogP contribution in [0.25, 0.3) is 0 Å². The average molecular weight is 215 g/mol. The van der Waals surface area contributed by atoms with Gasteiger partial charge in [-0.25, -0.2) is 0 Å². The van der Waals surface area contributed by atoms with Gasteiger partial charge in [0.05, 0.1) is 6.54 Å². The number of imide groups is 1. The first-order valence-corrected chi connectivity index (χ1v) is 5.32. The van der Waals surface area contributed by atoms with Crippen molar-refractivity contribution in [3.05, 3.63) is 47.5 Å². The maximum absolute atomic E-state index is 11.8. The molecule has 0 unspecified atom stereocenters. The van der Waals surface area contributed by atoms with Crippen molar-refractivity contribution in [3.63, 3.8) is 0 Å². The fourth-order valence-corrected chi connectivity index (χ4v) is 1.73. The zero-order chi connectivity index (χ0) is 11.5. The molecule has 0 aliphatic carbocycles. The topological polar surface area (TPSA) is 37.4 Å². The highest BCUT2D eigenvalue weighted by atomic mass is 16.2. The summed E-state index contributed by atoms with van der Waals surface area (Å²) in [6.07, 6.45) is 2.04. The largest absolute Gasteiger partial charge is 0.271 e. The quantitative estimate of drug-likeness (QED) is 0.722. The molecule has 82 valence electrons. The minimum Gasteiger partial charge on any atom is -0.271 e. The molecule has 1 heterocycles. The predicted molar refractivity (Wildman–Crippen MR) is 60.4 cm³/mol.